The smallest absolute Gasteiger partial charge is 0.126 e. The molecule has 0 aliphatic rings. The third-order valence-electron chi connectivity index (χ3n) is 3.84. The summed E-state index contributed by atoms with van der Waals surface area (Å²) >= 11 is 1.61. The van der Waals surface area contributed by atoms with Crippen molar-refractivity contribution in [1.82, 2.24) is 0 Å². The molecular formula is C18H18O2S. The van der Waals surface area contributed by atoms with Crippen LogP contribution in [-0.2, 0) is 6.42 Å². The number of aryl methyl sites for hydroxylation is 1. The van der Waals surface area contributed by atoms with Crippen LogP contribution in [0.15, 0.2) is 47.8 Å². The van der Waals surface area contributed by atoms with Crippen molar-refractivity contribution >= 4 is 22.1 Å². The van der Waals surface area contributed by atoms with E-state index in [9.17, 15) is 5.11 Å². The summed E-state index contributed by atoms with van der Waals surface area (Å²) < 4.78 is 5.42. The maximum atomic E-state index is 10.8. The van der Waals surface area contributed by atoms with Crippen LogP contribution in [0.25, 0.3) is 10.8 Å². The molecule has 2 aromatic carbocycles. The molecule has 3 heteroatoms. The topological polar surface area (TPSA) is 29.5 Å². The average molecular weight is 298 g/mol. The van der Waals surface area contributed by atoms with Gasteiger partial charge in [0.1, 0.15) is 11.9 Å². The Morgan fingerprint density at radius 1 is 1.10 bits per heavy atom. The summed E-state index contributed by atoms with van der Waals surface area (Å²) in [5, 5.41) is 14.9. The highest BCUT2D eigenvalue weighted by atomic mass is 32.1. The van der Waals surface area contributed by atoms with Crippen molar-refractivity contribution in [2.45, 2.75) is 19.4 Å². The molecule has 0 amide bonds. The zero-order valence-electron chi connectivity index (χ0n) is 12.2. The Bertz CT molecular complexity index is 761. The summed E-state index contributed by atoms with van der Waals surface area (Å²) in [6.07, 6.45) is 0.347. The van der Waals surface area contributed by atoms with Crippen molar-refractivity contribution in [3.63, 3.8) is 0 Å². The largest absolute Gasteiger partial charge is 0.496 e. The SMILES string of the molecule is CCc1ccsc1C(O)c1ccc(OC)c2ccccc12. The fourth-order valence-corrected chi connectivity index (χ4v) is 3.73. The van der Waals surface area contributed by atoms with Crippen LogP contribution in [0.1, 0.15) is 29.0 Å². The number of thiophene rings is 1. The van der Waals surface area contributed by atoms with E-state index in [1.807, 2.05) is 41.8 Å². The van der Waals surface area contributed by atoms with E-state index >= 15 is 0 Å². The standard InChI is InChI=1S/C18H18O2S/c1-3-12-10-11-21-18(12)17(19)15-8-9-16(20-2)14-7-5-4-6-13(14)15/h4-11,17,19H,3H2,1-2H3. The first-order chi connectivity index (χ1) is 10.3. The summed E-state index contributed by atoms with van der Waals surface area (Å²) in [4.78, 5) is 1.04. The molecule has 3 aromatic rings. The molecule has 0 spiro atoms. The van der Waals surface area contributed by atoms with Gasteiger partial charge in [-0.25, -0.2) is 0 Å². The number of rotatable bonds is 4. The van der Waals surface area contributed by atoms with E-state index < -0.39 is 6.10 Å². The number of aliphatic hydroxyl groups excluding tert-OH is 1. The van der Waals surface area contributed by atoms with E-state index in [0.29, 0.717) is 0 Å². The van der Waals surface area contributed by atoms with Gasteiger partial charge in [0.2, 0.25) is 0 Å². The van der Waals surface area contributed by atoms with Crippen molar-refractivity contribution in [1.29, 1.82) is 0 Å². The summed E-state index contributed by atoms with van der Waals surface area (Å²) in [5.74, 6) is 0.837. The van der Waals surface area contributed by atoms with E-state index in [-0.39, 0.29) is 0 Å². The number of hydrogen-bond donors (Lipinski definition) is 1. The van der Waals surface area contributed by atoms with Gasteiger partial charge in [-0.05, 0) is 40.4 Å². The van der Waals surface area contributed by atoms with Crippen molar-refractivity contribution in [2.24, 2.45) is 0 Å². The van der Waals surface area contributed by atoms with Crippen LogP contribution in [-0.4, -0.2) is 12.2 Å². The van der Waals surface area contributed by atoms with Crippen molar-refractivity contribution in [3.05, 3.63) is 63.8 Å². The van der Waals surface area contributed by atoms with Gasteiger partial charge in [0.25, 0.3) is 0 Å². The molecule has 1 heterocycles. The van der Waals surface area contributed by atoms with Gasteiger partial charge in [-0.15, -0.1) is 11.3 Å². The van der Waals surface area contributed by atoms with E-state index in [1.54, 1.807) is 18.4 Å². The van der Waals surface area contributed by atoms with Crippen LogP contribution in [0.4, 0.5) is 0 Å². The summed E-state index contributed by atoms with van der Waals surface area (Å²) in [6, 6.07) is 14.0. The molecule has 1 aromatic heterocycles. The van der Waals surface area contributed by atoms with Crippen LogP contribution >= 0.6 is 11.3 Å². The lowest BCUT2D eigenvalue weighted by atomic mass is 9.97. The highest BCUT2D eigenvalue weighted by Crippen LogP contribution is 2.36. The number of methoxy groups -OCH3 is 1. The zero-order valence-corrected chi connectivity index (χ0v) is 13.0. The van der Waals surface area contributed by atoms with Gasteiger partial charge in [0, 0.05) is 10.3 Å². The Morgan fingerprint density at radius 2 is 1.86 bits per heavy atom. The Morgan fingerprint density at radius 3 is 2.57 bits per heavy atom. The minimum absolute atomic E-state index is 0.587. The lowest BCUT2D eigenvalue weighted by molar-refractivity contribution is 0.224. The molecule has 108 valence electrons. The van der Waals surface area contributed by atoms with Crippen LogP contribution in [0.3, 0.4) is 0 Å². The average Bonchev–Trinajstić information content (AvgIpc) is 3.01. The van der Waals surface area contributed by atoms with Gasteiger partial charge in [0.05, 0.1) is 7.11 Å². The Balaban J connectivity index is 2.17. The molecule has 0 aliphatic carbocycles. The molecule has 3 rings (SSSR count). The van der Waals surface area contributed by atoms with Crippen LogP contribution in [0, 0.1) is 0 Å². The van der Waals surface area contributed by atoms with Gasteiger partial charge in [-0.1, -0.05) is 37.3 Å². The first kappa shape index (κ1) is 14.1. The number of hydrogen-bond acceptors (Lipinski definition) is 3. The van der Waals surface area contributed by atoms with Crippen LogP contribution in [0.2, 0.25) is 0 Å². The second-order valence-corrected chi connectivity index (χ2v) is 5.92. The summed E-state index contributed by atoms with van der Waals surface area (Å²) in [7, 11) is 1.67. The molecule has 0 fully saturated rings. The molecule has 2 nitrogen and oxygen atoms in total. The molecular weight excluding hydrogens is 280 g/mol. The van der Waals surface area contributed by atoms with Gasteiger partial charge >= 0.3 is 0 Å². The van der Waals surface area contributed by atoms with Crippen molar-refractivity contribution in [2.75, 3.05) is 7.11 Å². The zero-order chi connectivity index (χ0) is 14.8. The van der Waals surface area contributed by atoms with E-state index in [0.717, 1.165) is 33.4 Å². The molecule has 1 unspecified atom stereocenters. The highest BCUT2D eigenvalue weighted by molar-refractivity contribution is 7.10. The van der Waals surface area contributed by atoms with Gasteiger partial charge in [0.15, 0.2) is 0 Å². The maximum absolute atomic E-state index is 10.8. The van der Waals surface area contributed by atoms with Gasteiger partial charge in [-0.3, -0.25) is 0 Å². The van der Waals surface area contributed by atoms with Crippen LogP contribution in [0.5, 0.6) is 5.75 Å². The third-order valence-corrected chi connectivity index (χ3v) is 4.85. The summed E-state index contributed by atoms with van der Waals surface area (Å²) in [5.41, 5.74) is 2.15. The van der Waals surface area contributed by atoms with E-state index in [2.05, 4.69) is 13.0 Å². The molecule has 1 N–H and O–H groups in total. The van der Waals surface area contributed by atoms with Crippen molar-refractivity contribution < 1.29 is 9.84 Å². The van der Waals surface area contributed by atoms with Gasteiger partial charge in [-0.2, -0.15) is 0 Å². The Hall–Kier alpha value is -1.84. The minimum atomic E-state index is -0.587. The van der Waals surface area contributed by atoms with Crippen molar-refractivity contribution in [3.8, 4) is 5.75 Å². The number of aliphatic hydroxyl groups is 1. The quantitative estimate of drug-likeness (QED) is 0.765. The Labute approximate surface area is 128 Å². The fourth-order valence-electron chi connectivity index (χ4n) is 2.73. The van der Waals surface area contributed by atoms with Gasteiger partial charge < -0.3 is 9.84 Å². The second-order valence-electron chi connectivity index (χ2n) is 4.97. The minimum Gasteiger partial charge on any atom is -0.496 e. The molecule has 0 radical (unpaired) electrons. The first-order valence-electron chi connectivity index (χ1n) is 7.06. The maximum Gasteiger partial charge on any atom is 0.126 e. The molecule has 0 aliphatic heterocycles. The summed E-state index contributed by atoms with van der Waals surface area (Å²) in [6.45, 7) is 2.12. The third kappa shape index (κ3) is 2.43. The van der Waals surface area contributed by atoms with E-state index in [1.165, 1.54) is 5.56 Å². The molecule has 21 heavy (non-hydrogen) atoms. The highest BCUT2D eigenvalue weighted by Gasteiger charge is 2.18. The lowest BCUT2D eigenvalue weighted by Gasteiger charge is -2.16. The fraction of sp³-hybridized carbons (Fsp3) is 0.222. The molecule has 0 saturated carbocycles. The molecule has 0 saturated heterocycles. The monoisotopic (exact) mass is 298 g/mol. The molecule has 1 atom stereocenters. The normalized spacial score (nSPS) is 12.5. The van der Waals surface area contributed by atoms with E-state index in [4.69, 9.17) is 4.74 Å². The predicted molar refractivity (Wildman–Crippen MR) is 88.3 cm³/mol. The lowest BCUT2D eigenvalue weighted by Crippen LogP contribution is -2.01. The Kier molecular flexibility index (Phi) is 3.95. The number of benzene rings is 2. The second kappa shape index (κ2) is 5.88. The predicted octanol–water partition coefficient (Wildman–Crippen LogP) is 4.55. The molecule has 0 bridgehead atoms. The number of fused-ring (bicyclic) bond motifs is 1. The number of ether oxygens (including phenoxy) is 1. The first-order valence-corrected chi connectivity index (χ1v) is 7.94. The van der Waals surface area contributed by atoms with Crippen LogP contribution < -0.4 is 4.74 Å².